The first kappa shape index (κ1) is 12.4. The number of fused-ring (bicyclic) bond motifs is 1. The van der Waals surface area contributed by atoms with Gasteiger partial charge >= 0.3 is 5.97 Å². The number of rotatable bonds is 3. The lowest BCUT2D eigenvalue weighted by Gasteiger charge is -2.09. The third-order valence-corrected chi connectivity index (χ3v) is 3.45. The molecule has 0 saturated heterocycles. The van der Waals surface area contributed by atoms with Crippen molar-refractivity contribution in [2.24, 2.45) is 0 Å². The van der Waals surface area contributed by atoms with E-state index in [0.717, 1.165) is 22.0 Å². The van der Waals surface area contributed by atoms with Gasteiger partial charge in [-0.05, 0) is 36.2 Å². The van der Waals surface area contributed by atoms with Gasteiger partial charge in [-0.3, -0.25) is 4.98 Å². The van der Waals surface area contributed by atoms with Gasteiger partial charge in [-0.25, -0.2) is 4.79 Å². The zero-order valence-electron chi connectivity index (χ0n) is 11.1. The molecule has 3 rings (SSSR count). The van der Waals surface area contributed by atoms with Gasteiger partial charge in [0.15, 0.2) is 0 Å². The molecule has 0 unspecified atom stereocenters. The van der Waals surface area contributed by atoms with Crippen LogP contribution in [0.3, 0.4) is 0 Å². The molecule has 100 valence electrons. The van der Waals surface area contributed by atoms with E-state index in [0.29, 0.717) is 12.2 Å². The molecular weight excluding hydrogens is 252 g/mol. The summed E-state index contributed by atoms with van der Waals surface area (Å²) in [6.45, 7) is 2.34. The summed E-state index contributed by atoms with van der Waals surface area (Å²) in [6, 6.07) is 11.6. The Morgan fingerprint density at radius 3 is 2.85 bits per heavy atom. The fourth-order valence-corrected chi connectivity index (χ4v) is 2.48. The fourth-order valence-electron chi connectivity index (χ4n) is 2.48. The van der Waals surface area contributed by atoms with Gasteiger partial charge in [0.25, 0.3) is 0 Å². The zero-order chi connectivity index (χ0) is 14.1. The van der Waals surface area contributed by atoms with Gasteiger partial charge in [-0.15, -0.1) is 0 Å². The van der Waals surface area contributed by atoms with Gasteiger partial charge < -0.3 is 9.67 Å². The first-order valence-corrected chi connectivity index (χ1v) is 6.38. The zero-order valence-corrected chi connectivity index (χ0v) is 11.1. The molecule has 20 heavy (non-hydrogen) atoms. The summed E-state index contributed by atoms with van der Waals surface area (Å²) in [7, 11) is 0. The minimum Gasteiger partial charge on any atom is -0.477 e. The minimum absolute atomic E-state index is 0.339. The molecule has 0 aliphatic rings. The van der Waals surface area contributed by atoms with Crippen LogP contribution >= 0.6 is 0 Å². The Morgan fingerprint density at radius 2 is 2.05 bits per heavy atom. The molecule has 0 amide bonds. The number of nitrogens with zero attached hydrogens (tertiary/aromatic N) is 2. The Hall–Kier alpha value is -2.62. The molecule has 3 aromatic rings. The number of aryl methyl sites for hydroxylation is 1. The smallest absolute Gasteiger partial charge is 0.352 e. The number of carbonyl (C=O) groups is 1. The Balaban J connectivity index is 2.08. The molecule has 0 spiro atoms. The average Bonchev–Trinajstić information content (AvgIpc) is 2.80. The van der Waals surface area contributed by atoms with Crippen molar-refractivity contribution in [1.29, 1.82) is 0 Å². The van der Waals surface area contributed by atoms with E-state index >= 15 is 0 Å². The van der Waals surface area contributed by atoms with Crippen molar-refractivity contribution in [1.82, 2.24) is 9.55 Å². The lowest BCUT2D eigenvalue weighted by molar-refractivity contribution is 0.0685. The van der Waals surface area contributed by atoms with Gasteiger partial charge in [0.05, 0.1) is 5.52 Å². The summed E-state index contributed by atoms with van der Waals surface area (Å²) in [5.41, 5.74) is 3.10. The first-order valence-electron chi connectivity index (χ1n) is 6.38. The van der Waals surface area contributed by atoms with Crippen molar-refractivity contribution in [3.8, 4) is 0 Å². The van der Waals surface area contributed by atoms with E-state index < -0.39 is 5.97 Å². The van der Waals surface area contributed by atoms with Crippen LogP contribution < -0.4 is 0 Å². The number of hydrogen-bond donors (Lipinski definition) is 1. The van der Waals surface area contributed by atoms with Crippen LogP contribution in [0.5, 0.6) is 0 Å². The molecule has 0 atom stereocenters. The maximum Gasteiger partial charge on any atom is 0.352 e. The van der Waals surface area contributed by atoms with E-state index in [1.165, 1.54) is 0 Å². The molecule has 0 saturated carbocycles. The van der Waals surface area contributed by atoms with Crippen LogP contribution in [0.1, 0.15) is 21.6 Å². The number of benzene rings is 1. The van der Waals surface area contributed by atoms with Crippen LogP contribution in [0.4, 0.5) is 0 Å². The number of pyridine rings is 1. The van der Waals surface area contributed by atoms with Crippen molar-refractivity contribution >= 4 is 16.9 Å². The molecule has 1 N–H and O–H groups in total. The number of carboxylic acids is 1. The maximum atomic E-state index is 11.3. The average molecular weight is 266 g/mol. The van der Waals surface area contributed by atoms with Crippen molar-refractivity contribution in [2.75, 3.05) is 0 Å². The van der Waals surface area contributed by atoms with E-state index in [1.807, 2.05) is 49.5 Å². The van der Waals surface area contributed by atoms with Crippen LogP contribution in [0.25, 0.3) is 10.9 Å². The van der Waals surface area contributed by atoms with Gasteiger partial charge in [-0.2, -0.15) is 0 Å². The van der Waals surface area contributed by atoms with Gasteiger partial charge in [0, 0.05) is 24.3 Å². The van der Waals surface area contributed by atoms with Crippen LogP contribution in [0.15, 0.2) is 48.8 Å². The van der Waals surface area contributed by atoms with Crippen molar-refractivity contribution in [3.05, 3.63) is 65.6 Å². The third-order valence-electron chi connectivity index (χ3n) is 3.45. The second-order valence-electron chi connectivity index (χ2n) is 4.77. The van der Waals surface area contributed by atoms with Crippen molar-refractivity contribution < 1.29 is 9.90 Å². The second kappa shape index (κ2) is 4.81. The highest BCUT2D eigenvalue weighted by Crippen LogP contribution is 2.19. The molecule has 4 heteroatoms. The summed E-state index contributed by atoms with van der Waals surface area (Å²) >= 11 is 0. The number of aromatic nitrogens is 2. The van der Waals surface area contributed by atoms with Gasteiger partial charge in [-0.1, -0.05) is 18.2 Å². The quantitative estimate of drug-likeness (QED) is 0.792. The molecule has 0 bridgehead atoms. The van der Waals surface area contributed by atoms with E-state index in [1.54, 1.807) is 10.8 Å². The Morgan fingerprint density at radius 1 is 1.25 bits per heavy atom. The molecule has 2 aromatic heterocycles. The van der Waals surface area contributed by atoms with Gasteiger partial charge in [0.1, 0.15) is 5.69 Å². The molecule has 0 radical (unpaired) electrons. The topological polar surface area (TPSA) is 55.1 Å². The van der Waals surface area contributed by atoms with E-state index in [4.69, 9.17) is 0 Å². The number of carboxylic acid groups (broad SMARTS) is 1. The summed E-state index contributed by atoms with van der Waals surface area (Å²) in [5, 5.41) is 10.3. The van der Waals surface area contributed by atoms with E-state index in [9.17, 15) is 9.90 Å². The second-order valence-corrected chi connectivity index (χ2v) is 4.77. The summed E-state index contributed by atoms with van der Waals surface area (Å²) in [6.07, 6.45) is 3.57. The number of hydrogen-bond acceptors (Lipinski definition) is 2. The highest BCUT2D eigenvalue weighted by Gasteiger charge is 2.14. The third kappa shape index (κ3) is 2.05. The largest absolute Gasteiger partial charge is 0.477 e. The van der Waals surface area contributed by atoms with Gasteiger partial charge in [0.2, 0.25) is 0 Å². The van der Waals surface area contributed by atoms with Crippen molar-refractivity contribution in [2.45, 2.75) is 13.5 Å². The molecule has 0 aliphatic carbocycles. The molecular formula is C16H14N2O2. The van der Waals surface area contributed by atoms with Crippen LogP contribution in [0, 0.1) is 6.92 Å². The first-order chi connectivity index (χ1) is 9.66. The molecule has 4 nitrogen and oxygen atoms in total. The van der Waals surface area contributed by atoms with E-state index in [-0.39, 0.29) is 0 Å². The SMILES string of the molecule is Cc1ccn(Cc2ccnc3ccccc23)c1C(=O)O. The highest BCUT2D eigenvalue weighted by atomic mass is 16.4. The van der Waals surface area contributed by atoms with Crippen molar-refractivity contribution in [3.63, 3.8) is 0 Å². The Bertz CT molecular complexity index is 785. The van der Waals surface area contributed by atoms with Crippen LogP contribution in [-0.4, -0.2) is 20.6 Å². The monoisotopic (exact) mass is 266 g/mol. The lowest BCUT2D eigenvalue weighted by Crippen LogP contribution is -2.10. The van der Waals surface area contributed by atoms with Crippen LogP contribution in [0.2, 0.25) is 0 Å². The molecule has 0 aliphatic heterocycles. The Kier molecular flexibility index (Phi) is 2.99. The fraction of sp³-hybridized carbons (Fsp3) is 0.125. The van der Waals surface area contributed by atoms with Crippen LogP contribution in [-0.2, 0) is 6.54 Å². The standard InChI is InChI=1S/C16H14N2O2/c1-11-7-9-18(15(11)16(19)20)10-12-6-8-17-14-5-3-2-4-13(12)14/h2-9H,10H2,1H3,(H,19,20). The molecule has 1 aromatic carbocycles. The minimum atomic E-state index is -0.897. The normalized spacial score (nSPS) is 10.8. The summed E-state index contributed by atoms with van der Waals surface area (Å²) in [4.78, 5) is 15.6. The summed E-state index contributed by atoms with van der Waals surface area (Å²) < 4.78 is 1.76. The lowest BCUT2D eigenvalue weighted by atomic mass is 10.1. The summed E-state index contributed by atoms with van der Waals surface area (Å²) in [5.74, 6) is -0.897. The number of aromatic carboxylic acids is 1. The highest BCUT2D eigenvalue weighted by molar-refractivity contribution is 5.88. The predicted molar refractivity (Wildman–Crippen MR) is 77.0 cm³/mol. The Labute approximate surface area is 116 Å². The maximum absolute atomic E-state index is 11.3. The molecule has 0 fully saturated rings. The van der Waals surface area contributed by atoms with E-state index in [2.05, 4.69) is 4.98 Å². The number of para-hydroxylation sites is 1. The predicted octanol–water partition coefficient (Wildman–Crippen LogP) is 3.09. The molecule has 2 heterocycles.